The molecule has 0 aliphatic carbocycles. The van der Waals surface area contributed by atoms with E-state index in [1.807, 2.05) is 0 Å². The minimum atomic E-state index is 0.220. The van der Waals surface area contributed by atoms with Gasteiger partial charge in [0, 0.05) is 11.8 Å². The van der Waals surface area contributed by atoms with E-state index in [1.54, 1.807) is 25.3 Å². The molecule has 0 fully saturated rings. The number of aromatic hydroxyl groups is 1. The van der Waals surface area contributed by atoms with E-state index in [4.69, 9.17) is 0 Å². The molecule has 0 saturated carbocycles. The maximum atomic E-state index is 9.26. The molecule has 0 aliphatic rings. The minimum absolute atomic E-state index is 0.220. The summed E-state index contributed by atoms with van der Waals surface area (Å²) in [5, 5.41) is 9.26. The Hall–Kier alpha value is -1.31. The van der Waals surface area contributed by atoms with Gasteiger partial charge < -0.3 is 5.11 Å². The van der Waals surface area contributed by atoms with Crippen LogP contribution in [-0.4, -0.2) is 10.1 Å². The van der Waals surface area contributed by atoms with Crippen molar-refractivity contribution in [2.24, 2.45) is 0 Å². The molecule has 1 aromatic rings. The quantitative estimate of drug-likeness (QED) is 0.636. The molecular formula is C8H9NO. The number of hydrogen-bond acceptors (Lipinski definition) is 2. The monoisotopic (exact) mass is 135 g/mol. The third-order valence-electron chi connectivity index (χ3n) is 1.36. The van der Waals surface area contributed by atoms with Gasteiger partial charge in [0.05, 0.1) is 5.69 Å². The lowest BCUT2D eigenvalue weighted by Crippen LogP contribution is -1.82. The van der Waals surface area contributed by atoms with Crippen LogP contribution in [0, 0.1) is 6.92 Å². The molecule has 0 atom stereocenters. The standard InChI is InChI=1S/C8H9NO/c1-3-7-4-5-9-6(2)8(7)10/h3-5,10H,1H2,2H3. The van der Waals surface area contributed by atoms with Gasteiger partial charge in [-0.2, -0.15) is 0 Å². The van der Waals surface area contributed by atoms with Crippen LogP contribution in [0.4, 0.5) is 0 Å². The molecule has 10 heavy (non-hydrogen) atoms. The first kappa shape index (κ1) is 6.81. The predicted molar refractivity (Wildman–Crippen MR) is 40.7 cm³/mol. The van der Waals surface area contributed by atoms with E-state index in [9.17, 15) is 5.11 Å². The Morgan fingerprint density at radius 3 is 2.90 bits per heavy atom. The fraction of sp³-hybridized carbons (Fsp3) is 0.125. The summed E-state index contributed by atoms with van der Waals surface area (Å²) in [6.07, 6.45) is 3.25. The van der Waals surface area contributed by atoms with E-state index in [2.05, 4.69) is 11.6 Å². The Bertz CT molecular complexity index is 255. The van der Waals surface area contributed by atoms with E-state index in [1.165, 1.54) is 0 Å². The molecule has 0 radical (unpaired) electrons. The predicted octanol–water partition coefficient (Wildman–Crippen LogP) is 1.74. The third kappa shape index (κ3) is 1.00. The molecule has 0 amide bonds. The smallest absolute Gasteiger partial charge is 0.143 e. The van der Waals surface area contributed by atoms with Crippen LogP contribution in [0.2, 0.25) is 0 Å². The van der Waals surface area contributed by atoms with Gasteiger partial charge in [-0.15, -0.1) is 0 Å². The lowest BCUT2D eigenvalue weighted by atomic mass is 10.2. The minimum Gasteiger partial charge on any atom is -0.505 e. The Balaban J connectivity index is 3.27. The molecule has 0 bridgehead atoms. The molecule has 2 heteroatoms. The molecule has 2 nitrogen and oxygen atoms in total. The van der Waals surface area contributed by atoms with Crippen molar-refractivity contribution in [3.05, 3.63) is 30.1 Å². The van der Waals surface area contributed by atoms with E-state index in [0.717, 1.165) is 5.56 Å². The van der Waals surface area contributed by atoms with Crippen LogP contribution < -0.4 is 0 Å². The highest BCUT2D eigenvalue weighted by Gasteiger charge is 1.98. The zero-order chi connectivity index (χ0) is 7.56. The molecular weight excluding hydrogens is 126 g/mol. The van der Waals surface area contributed by atoms with E-state index < -0.39 is 0 Å². The molecule has 0 unspecified atom stereocenters. The Morgan fingerprint density at radius 1 is 1.70 bits per heavy atom. The van der Waals surface area contributed by atoms with E-state index in [-0.39, 0.29) is 5.75 Å². The topological polar surface area (TPSA) is 33.1 Å². The average Bonchev–Trinajstić information content (AvgIpc) is 1.95. The average molecular weight is 135 g/mol. The largest absolute Gasteiger partial charge is 0.505 e. The van der Waals surface area contributed by atoms with Crippen LogP contribution in [0.15, 0.2) is 18.8 Å². The number of aryl methyl sites for hydroxylation is 1. The number of pyridine rings is 1. The summed E-state index contributed by atoms with van der Waals surface area (Å²) in [7, 11) is 0. The first-order valence-electron chi connectivity index (χ1n) is 3.02. The van der Waals surface area contributed by atoms with Crippen LogP contribution in [0.3, 0.4) is 0 Å². The maximum absolute atomic E-state index is 9.26. The highest BCUT2D eigenvalue weighted by atomic mass is 16.3. The van der Waals surface area contributed by atoms with Gasteiger partial charge in [-0.3, -0.25) is 4.98 Å². The number of hydrogen-bond donors (Lipinski definition) is 1. The first-order valence-corrected chi connectivity index (χ1v) is 3.02. The Morgan fingerprint density at radius 2 is 2.40 bits per heavy atom. The Kier molecular flexibility index (Phi) is 1.71. The van der Waals surface area contributed by atoms with Crippen molar-refractivity contribution in [1.82, 2.24) is 4.98 Å². The summed E-state index contributed by atoms with van der Waals surface area (Å²) in [5.74, 6) is 0.220. The summed E-state index contributed by atoms with van der Waals surface area (Å²) in [5.41, 5.74) is 1.37. The molecule has 52 valence electrons. The molecule has 1 N–H and O–H groups in total. The van der Waals surface area contributed by atoms with Gasteiger partial charge in [0.1, 0.15) is 5.75 Å². The van der Waals surface area contributed by atoms with Gasteiger partial charge in [-0.1, -0.05) is 12.7 Å². The van der Waals surface area contributed by atoms with Gasteiger partial charge in [0.15, 0.2) is 0 Å². The van der Waals surface area contributed by atoms with Gasteiger partial charge in [0.25, 0.3) is 0 Å². The number of rotatable bonds is 1. The summed E-state index contributed by atoms with van der Waals surface area (Å²) < 4.78 is 0. The van der Waals surface area contributed by atoms with Crippen molar-refractivity contribution in [3.63, 3.8) is 0 Å². The lowest BCUT2D eigenvalue weighted by Gasteiger charge is -1.99. The molecule has 1 heterocycles. The molecule has 0 saturated heterocycles. The molecule has 0 spiro atoms. The normalized spacial score (nSPS) is 9.30. The van der Waals surface area contributed by atoms with Crippen molar-refractivity contribution < 1.29 is 5.11 Å². The molecule has 1 aromatic heterocycles. The lowest BCUT2D eigenvalue weighted by molar-refractivity contribution is 0.466. The van der Waals surface area contributed by atoms with Crippen LogP contribution in [-0.2, 0) is 0 Å². The second kappa shape index (κ2) is 2.52. The summed E-state index contributed by atoms with van der Waals surface area (Å²) >= 11 is 0. The fourth-order valence-electron chi connectivity index (χ4n) is 0.743. The number of aromatic nitrogens is 1. The highest BCUT2D eigenvalue weighted by molar-refractivity contribution is 5.55. The summed E-state index contributed by atoms with van der Waals surface area (Å²) in [4.78, 5) is 3.89. The fourth-order valence-corrected chi connectivity index (χ4v) is 0.743. The highest BCUT2D eigenvalue weighted by Crippen LogP contribution is 2.19. The SMILES string of the molecule is C=Cc1ccnc(C)c1O. The second-order valence-corrected chi connectivity index (χ2v) is 2.04. The van der Waals surface area contributed by atoms with Gasteiger partial charge in [0.2, 0.25) is 0 Å². The van der Waals surface area contributed by atoms with Crippen LogP contribution in [0.5, 0.6) is 5.75 Å². The van der Waals surface area contributed by atoms with Crippen molar-refractivity contribution in [2.75, 3.05) is 0 Å². The maximum Gasteiger partial charge on any atom is 0.143 e. The van der Waals surface area contributed by atoms with E-state index >= 15 is 0 Å². The second-order valence-electron chi connectivity index (χ2n) is 2.04. The van der Waals surface area contributed by atoms with Crippen molar-refractivity contribution in [2.45, 2.75) is 6.92 Å². The molecule has 0 aromatic carbocycles. The zero-order valence-corrected chi connectivity index (χ0v) is 5.83. The van der Waals surface area contributed by atoms with Crippen LogP contribution >= 0.6 is 0 Å². The van der Waals surface area contributed by atoms with Gasteiger partial charge in [-0.25, -0.2) is 0 Å². The summed E-state index contributed by atoms with van der Waals surface area (Å²) in [6, 6.07) is 1.72. The van der Waals surface area contributed by atoms with Crippen molar-refractivity contribution in [1.29, 1.82) is 0 Å². The van der Waals surface area contributed by atoms with E-state index in [0.29, 0.717) is 5.69 Å². The van der Waals surface area contributed by atoms with Crippen molar-refractivity contribution in [3.8, 4) is 5.75 Å². The summed E-state index contributed by atoms with van der Waals surface area (Å²) in [6.45, 7) is 5.30. The van der Waals surface area contributed by atoms with Gasteiger partial charge in [-0.05, 0) is 13.0 Å². The number of nitrogens with zero attached hydrogens (tertiary/aromatic N) is 1. The van der Waals surface area contributed by atoms with Crippen LogP contribution in [0.25, 0.3) is 6.08 Å². The van der Waals surface area contributed by atoms with Gasteiger partial charge >= 0.3 is 0 Å². The third-order valence-corrected chi connectivity index (χ3v) is 1.36. The van der Waals surface area contributed by atoms with Crippen LogP contribution in [0.1, 0.15) is 11.3 Å². The molecule has 1 rings (SSSR count). The van der Waals surface area contributed by atoms with Crippen molar-refractivity contribution >= 4 is 6.08 Å². The zero-order valence-electron chi connectivity index (χ0n) is 5.83. The Labute approximate surface area is 59.9 Å². The first-order chi connectivity index (χ1) is 4.75. The molecule has 0 aliphatic heterocycles.